The molecule has 8 heteroatoms. The van der Waals surface area contributed by atoms with E-state index in [1.165, 1.54) is 6.07 Å². The van der Waals surface area contributed by atoms with Crippen LogP contribution in [0.1, 0.15) is 25.5 Å². The fourth-order valence-corrected chi connectivity index (χ4v) is 4.52. The molecule has 190 valence electrons. The number of nitrogens with zero attached hydrogens (tertiary/aromatic N) is 3. The molecule has 0 aliphatic carbocycles. The van der Waals surface area contributed by atoms with Gasteiger partial charge in [0.25, 0.3) is 0 Å². The van der Waals surface area contributed by atoms with Gasteiger partial charge in [-0.2, -0.15) is 0 Å². The van der Waals surface area contributed by atoms with Crippen molar-refractivity contribution in [2.24, 2.45) is 0 Å². The molecule has 37 heavy (non-hydrogen) atoms. The van der Waals surface area contributed by atoms with Crippen LogP contribution in [0.4, 0.5) is 4.39 Å². The number of amides is 1. The fraction of sp³-hybridized carbons (Fsp3) is 0.276. The Balaban J connectivity index is 1.52. The predicted octanol–water partition coefficient (Wildman–Crippen LogP) is 5.43. The average Bonchev–Trinajstić information content (AvgIpc) is 2.93. The number of fused-ring (bicyclic) bond motifs is 1. The number of para-hydroxylation sites is 1. The molecule has 0 spiro atoms. The van der Waals surface area contributed by atoms with E-state index in [2.05, 4.69) is 4.98 Å². The average molecular weight is 502 g/mol. The SMILES string of the molecule is CCOc1ccc(-c2cnc3cccc(-c4ccc(C5CN(C=O)CCO5)c(F)c4)c3n2)cc1OCC. The number of carbonyl (C=O) groups excluding carboxylic acids is 1. The van der Waals surface area contributed by atoms with Gasteiger partial charge in [0.2, 0.25) is 6.41 Å². The molecule has 0 bridgehead atoms. The van der Waals surface area contributed by atoms with Crippen LogP contribution in [-0.4, -0.2) is 54.2 Å². The van der Waals surface area contributed by atoms with Gasteiger partial charge >= 0.3 is 0 Å². The molecule has 1 aromatic heterocycles. The highest BCUT2D eigenvalue weighted by atomic mass is 19.1. The van der Waals surface area contributed by atoms with E-state index >= 15 is 4.39 Å². The number of rotatable bonds is 8. The minimum Gasteiger partial charge on any atom is -0.490 e. The predicted molar refractivity (Wildman–Crippen MR) is 139 cm³/mol. The van der Waals surface area contributed by atoms with E-state index in [0.29, 0.717) is 72.3 Å². The van der Waals surface area contributed by atoms with E-state index in [4.69, 9.17) is 19.2 Å². The fourth-order valence-electron chi connectivity index (χ4n) is 4.52. The van der Waals surface area contributed by atoms with Gasteiger partial charge in [0.15, 0.2) is 11.5 Å². The Morgan fingerprint density at radius 2 is 1.86 bits per heavy atom. The van der Waals surface area contributed by atoms with Crippen LogP contribution in [0.25, 0.3) is 33.4 Å². The molecule has 2 heterocycles. The van der Waals surface area contributed by atoms with E-state index in [0.717, 1.165) is 17.5 Å². The number of hydrogen-bond donors (Lipinski definition) is 0. The molecule has 4 aromatic rings. The van der Waals surface area contributed by atoms with Crippen LogP contribution >= 0.6 is 0 Å². The first-order valence-electron chi connectivity index (χ1n) is 12.4. The Bertz CT molecular complexity index is 1430. The summed E-state index contributed by atoms with van der Waals surface area (Å²) < 4.78 is 32.4. The van der Waals surface area contributed by atoms with Crippen molar-refractivity contribution in [3.8, 4) is 33.9 Å². The number of ether oxygens (including phenoxy) is 3. The lowest BCUT2D eigenvalue weighted by Crippen LogP contribution is -2.37. The van der Waals surface area contributed by atoms with E-state index in [1.807, 2.05) is 56.3 Å². The topological polar surface area (TPSA) is 73.8 Å². The second-order valence-electron chi connectivity index (χ2n) is 8.65. The summed E-state index contributed by atoms with van der Waals surface area (Å²) in [5, 5.41) is 0. The zero-order valence-corrected chi connectivity index (χ0v) is 20.8. The number of carbonyl (C=O) groups is 1. The quantitative estimate of drug-likeness (QED) is 0.300. The zero-order chi connectivity index (χ0) is 25.8. The van der Waals surface area contributed by atoms with Crippen molar-refractivity contribution in [3.63, 3.8) is 0 Å². The summed E-state index contributed by atoms with van der Waals surface area (Å²) in [5.74, 6) is 0.938. The normalized spacial score (nSPS) is 15.5. The maximum Gasteiger partial charge on any atom is 0.209 e. The molecule has 5 rings (SSSR count). The van der Waals surface area contributed by atoms with Crippen molar-refractivity contribution in [2.45, 2.75) is 20.0 Å². The molecule has 1 amide bonds. The maximum absolute atomic E-state index is 15.3. The van der Waals surface area contributed by atoms with Crippen LogP contribution < -0.4 is 9.47 Å². The second-order valence-corrected chi connectivity index (χ2v) is 8.65. The highest BCUT2D eigenvalue weighted by Gasteiger charge is 2.24. The van der Waals surface area contributed by atoms with Crippen molar-refractivity contribution < 1.29 is 23.4 Å². The first-order valence-corrected chi connectivity index (χ1v) is 12.4. The van der Waals surface area contributed by atoms with Crippen LogP contribution in [-0.2, 0) is 9.53 Å². The Labute approximate surface area is 214 Å². The molecule has 0 saturated carbocycles. The summed E-state index contributed by atoms with van der Waals surface area (Å²) in [6, 6.07) is 16.4. The number of hydrogen-bond acceptors (Lipinski definition) is 6. The molecule has 1 aliphatic rings. The monoisotopic (exact) mass is 501 g/mol. The van der Waals surface area contributed by atoms with Crippen molar-refractivity contribution in [1.82, 2.24) is 14.9 Å². The summed E-state index contributed by atoms with van der Waals surface area (Å²) >= 11 is 0. The van der Waals surface area contributed by atoms with Crippen LogP contribution in [0.2, 0.25) is 0 Å². The molecule has 0 radical (unpaired) electrons. The van der Waals surface area contributed by atoms with Gasteiger partial charge in [0.05, 0.1) is 49.3 Å². The molecule has 1 aliphatic heterocycles. The van der Waals surface area contributed by atoms with Gasteiger partial charge < -0.3 is 19.1 Å². The molecular formula is C29H28FN3O4. The third kappa shape index (κ3) is 5.11. The van der Waals surface area contributed by atoms with Crippen molar-refractivity contribution in [2.75, 3.05) is 32.9 Å². The Hall–Kier alpha value is -4.04. The van der Waals surface area contributed by atoms with Crippen LogP contribution in [0.3, 0.4) is 0 Å². The van der Waals surface area contributed by atoms with Gasteiger partial charge in [-0.15, -0.1) is 0 Å². The highest BCUT2D eigenvalue weighted by Crippen LogP contribution is 2.35. The second kappa shape index (κ2) is 10.9. The lowest BCUT2D eigenvalue weighted by atomic mass is 9.99. The van der Waals surface area contributed by atoms with Crippen LogP contribution in [0.15, 0.2) is 60.8 Å². The van der Waals surface area contributed by atoms with Gasteiger partial charge in [-0.1, -0.05) is 24.3 Å². The number of halogens is 1. The van der Waals surface area contributed by atoms with Crippen LogP contribution in [0, 0.1) is 5.82 Å². The van der Waals surface area contributed by atoms with Gasteiger partial charge in [-0.05, 0) is 49.7 Å². The Kier molecular flexibility index (Phi) is 7.28. The minimum atomic E-state index is -0.494. The molecule has 1 unspecified atom stereocenters. The van der Waals surface area contributed by atoms with E-state index in [-0.39, 0.29) is 5.82 Å². The van der Waals surface area contributed by atoms with E-state index in [9.17, 15) is 4.79 Å². The Morgan fingerprint density at radius 1 is 1.05 bits per heavy atom. The molecule has 1 fully saturated rings. The number of benzene rings is 3. The summed E-state index contributed by atoms with van der Waals surface area (Å²) in [7, 11) is 0. The summed E-state index contributed by atoms with van der Waals surface area (Å²) in [4.78, 5) is 22.3. The van der Waals surface area contributed by atoms with Gasteiger partial charge in [0, 0.05) is 23.2 Å². The summed E-state index contributed by atoms with van der Waals surface area (Å²) in [6.45, 7) is 6.12. The number of aromatic nitrogens is 2. The minimum absolute atomic E-state index is 0.328. The zero-order valence-electron chi connectivity index (χ0n) is 20.8. The maximum atomic E-state index is 15.3. The highest BCUT2D eigenvalue weighted by molar-refractivity contribution is 5.92. The van der Waals surface area contributed by atoms with Crippen molar-refractivity contribution in [1.29, 1.82) is 0 Å². The first-order chi connectivity index (χ1) is 18.1. The molecule has 3 aromatic carbocycles. The lowest BCUT2D eigenvalue weighted by molar-refractivity contribution is -0.125. The summed E-state index contributed by atoms with van der Waals surface area (Å²) in [6.07, 6.45) is 2.00. The third-order valence-corrected chi connectivity index (χ3v) is 6.32. The van der Waals surface area contributed by atoms with Crippen molar-refractivity contribution in [3.05, 3.63) is 72.2 Å². The largest absolute Gasteiger partial charge is 0.490 e. The van der Waals surface area contributed by atoms with Gasteiger partial charge in [-0.3, -0.25) is 9.78 Å². The number of morpholine rings is 1. The van der Waals surface area contributed by atoms with Gasteiger partial charge in [0.1, 0.15) is 11.9 Å². The van der Waals surface area contributed by atoms with Gasteiger partial charge in [-0.25, -0.2) is 9.37 Å². The van der Waals surface area contributed by atoms with E-state index in [1.54, 1.807) is 17.2 Å². The van der Waals surface area contributed by atoms with E-state index < -0.39 is 6.10 Å². The first kappa shape index (κ1) is 24.6. The Morgan fingerprint density at radius 3 is 2.65 bits per heavy atom. The molecule has 1 saturated heterocycles. The molecule has 7 nitrogen and oxygen atoms in total. The third-order valence-electron chi connectivity index (χ3n) is 6.32. The molecular weight excluding hydrogens is 473 g/mol. The molecule has 0 N–H and O–H groups in total. The summed E-state index contributed by atoms with van der Waals surface area (Å²) in [5.41, 5.74) is 4.77. The molecule has 1 atom stereocenters. The smallest absolute Gasteiger partial charge is 0.209 e. The van der Waals surface area contributed by atoms with Crippen molar-refractivity contribution >= 4 is 17.4 Å². The van der Waals surface area contributed by atoms with Crippen LogP contribution in [0.5, 0.6) is 11.5 Å². The lowest BCUT2D eigenvalue weighted by Gasteiger charge is -2.30. The standard InChI is InChI=1S/C29H28FN3O4/c1-3-35-26-11-9-20(15-27(26)36-4-2)25-16-31-24-7-5-6-21(29(24)32-25)19-8-10-22(23(30)14-19)28-17-33(18-34)12-13-37-28/h5-11,14-16,18,28H,3-4,12-13,17H2,1-2H3.